The van der Waals surface area contributed by atoms with Crippen LogP contribution in [0.1, 0.15) is 0 Å². The van der Waals surface area contributed by atoms with Crippen molar-refractivity contribution in [3.63, 3.8) is 0 Å². The Balaban J connectivity index is 1.07. The first-order valence-electron chi connectivity index (χ1n) is 15.5. The second-order valence-electron chi connectivity index (χ2n) is 11.9. The Bertz CT molecular complexity index is 2810. The zero-order valence-corrected chi connectivity index (χ0v) is 25.5. The van der Waals surface area contributed by atoms with E-state index in [-0.39, 0.29) is 0 Å². The SMILES string of the molecule is c1ccc2nc(-n3c4ccccc4c4c5ccc(-c6ccc(-c7ccc8sc9ccccc9c8c7)cc6)cc5ccc43)ncc2c1. The van der Waals surface area contributed by atoms with Gasteiger partial charge in [-0.1, -0.05) is 103 Å². The third-order valence-electron chi connectivity index (χ3n) is 9.26. The minimum atomic E-state index is 0.687. The second kappa shape index (κ2) is 9.83. The van der Waals surface area contributed by atoms with Gasteiger partial charge in [-0.2, -0.15) is 0 Å². The summed E-state index contributed by atoms with van der Waals surface area (Å²) < 4.78 is 4.87. The standard InChI is InChI=1S/C42H25N3S/c1-4-10-36-31(7-1)25-43-42(44-36)45-37-11-5-2-9-34(37)41-32-20-17-28(23-30(32)18-21-38(41)45)26-13-15-27(16-14-26)29-19-22-40-35(24-29)33-8-3-6-12-39(33)46-40/h1-25H. The quantitative estimate of drug-likeness (QED) is 0.201. The minimum absolute atomic E-state index is 0.687. The number of fused-ring (bicyclic) bond motifs is 9. The molecular formula is C42H25N3S. The predicted octanol–water partition coefficient (Wildman–Crippen LogP) is 11.6. The monoisotopic (exact) mass is 603 g/mol. The Labute approximate surface area is 268 Å². The normalized spacial score (nSPS) is 11.9. The lowest BCUT2D eigenvalue weighted by atomic mass is 9.96. The number of aromatic nitrogens is 3. The molecular weight excluding hydrogens is 579 g/mol. The third kappa shape index (κ3) is 3.84. The average molecular weight is 604 g/mol. The fourth-order valence-corrected chi connectivity index (χ4v) is 8.11. The zero-order valence-electron chi connectivity index (χ0n) is 24.7. The van der Waals surface area contributed by atoms with Gasteiger partial charge >= 0.3 is 0 Å². The predicted molar refractivity (Wildman–Crippen MR) is 195 cm³/mol. The largest absolute Gasteiger partial charge is 0.278 e. The summed E-state index contributed by atoms with van der Waals surface area (Å²) in [4.78, 5) is 9.75. The average Bonchev–Trinajstić information content (AvgIpc) is 3.67. The number of rotatable bonds is 3. The van der Waals surface area contributed by atoms with E-state index in [4.69, 9.17) is 9.97 Å². The molecule has 3 nitrogen and oxygen atoms in total. The molecule has 0 aliphatic carbocycles. The van der Waals surface area contributed by atoms with E-state index in [2.05, 4.69) is 132 Å². The molecule has 0 aliphatic heterocycles. The van der Waals surface area contributed by atoms with E-state index in [0.717, 1.165) is 21.9 Å². The van der Waals surface area contributed by atoms with Crippen LogP contribution in [0.2, 0.25) is 0 Å². The Morgan fingerprint density at radius 2 is 1.15 bits per heavy atom. The van der Waals surface area contributed by atoms with Gasteiger partial charge in [-0.05, 0) is 75.5 Å². The molecule has 0 bridgehead atoms. The molecule has 7 aromatic carbocycles. The first-order valence-corrected chi connectivity index (χ1v) is 16.3. The van der Waals surface area contributed by atoms with Gasteiger partial charge in [0.05, 0.1) is 16.6 Å². The molecule has 214 valence electrons. The molecule has 0 fully saturated rings. The molecule has 0 amide bonds. The second-order valence-corrected chi connectivity index (χ2v) is 12.9. The molecule has 0 unspecified atom stereocenters. The molecule has 0 aliphatic rings. The van der Waals surface area contributed by atoms with Crippen molar-refractivity contribution in [1.29, 1.82) is 0 Å². The first kappa shape index (κ1) is 25.5. The van der Waals surface area contributed by atoms with Gasteiger partial charge in [-0.25, -0.2) is 9.97 Å². The molecule has 0 saturated carbocycles. The Hall–Kier alpha value is -5.84. The molecule has 0 spiro atoms. The molecule has 0 N–H and O–H groups in total. The van der Waals surface area contributed by atoms with Gasteiger partial charge in [0.25, 0.3) is 0 Å². The summed E-state index contributed by atoms with van der Waals surface area (Å²) in [5.74, 6) is 0.687. The van der Waals surface area contributed by atoms with Crippen LogP contribution >= 0.6 is 11.3 Å². The van der Waals surface area contributed by atoms with Gasteiger partial charge < -0.3 is 0 Å². The molecule has 3 heterocycles. The fourth-order valence-electron chi connectivity index (χ4n) is 7.02. The molecule has 4 heteroatoms. The van der Waals surface area contributed by atoms with Crippen LogP contribution in [0.4, 0.5) is 0 Å². The van der Waals surface area contributed by atoms with E-state index in [1.165, 1.54) is 64.0 Å². The minimum Gasteiger partial charge on any atom is -0.278 e. The van der Waals surface area contributed by atoms with Crippen molar-refractivity contribution in [2.75, 3.05) is 0 Å². The summed E-state index contributed by atoms with van der Waals surface area (Å²) in [5.41, 5.74) is 8.04. The smallest absolute Gasteiger partial charge is 0.235 e. The molecule has 10 rings (SSSR count). The maximum Gasteiger partial charge on any atom is 0.235 e. The van der Waals surface area contributed by atoms with Crippen LogP contribution in [0.3, 0.4) is 0 Å². The van der Waals surface area contributed by atoms with E-state index >= 15 is 0 Å². The number of thiophene rings is 1. The van der Waals surface area contributed by atoms with Gasteiger partial charge in [-0.15, -0.1) is 11.3 Å². The molecule has 0 atom stereocenters. The lowest BCUT2D eigenvalue weighted by molar-refractivity contribution is 1.01. The topological polar surface area (TPSA) is 30.7 Å². The number of hydrogen-bond acceptors (Lipinski definition) is 3. The highest BCUT2D eigenvalue weighted by molar-refractivity contribution is 7.25. The van der Waals surface area contributed by atoms with Crippen molar-refractivity contribution in [2.45, 2.75) is 0 Å². The Morgan fingerprint density at radius 3 is 2.04 bits per heavy atom. The summed E-state index contributed by atoms with van der Waals surface area (Å²) in [6, 6.07) is 52.5. The molecule has 46 heavy (non-hydrogen) atoms. The summed E-state index contributed by atoms with van der Waals surface area (Å²) in [6.07, 6.45) is 1.92. The Kier molecular flexibility index (Phi) is 5.45. The lowest BCUT2D eigenvalue weighted by Gasteiger charge is -2.09. The lowest BCUT2D eigenvalue weighted by Crippen LogP contribution is -2.00. The van der Waals surface area contributed by atoms with E-state index in [9.17, 15) is 0 Å². The van der Waals surface area contributed by atoms with Crippen molar-refractivity contribution >= 4 is 75.0 Å². The van der Waals surface area contributed by atoms with Crippen LogP contribution in [-0.4, -0.2) is 14.5 Å². The maximum atomic E-state index is 4.96. The molecule has 0 saturated heterocycles. The number of para-hydroxylation sites is 2. The van der Waals surface area contributed by atoms with Crippen LogP contribution in [0.15, 0.2) is 152 Å². The number of nitrogens with zero attached hydrogens (tertiary/aromatic N) is 3. The summed E-state index contributed by atoms with van der Waals surface area (Å²) in [5, 5.41) is 8.57. The van der Waals surface area contributed by atoms with Crippen LogP contribution in [0.25, 0.3) is 91.9 Å². The highest BCUT2D eigenvalue weighted by Crippen LogP contribution is 2.39. The number of hydrogen-bond donors (Lipinski definition) is 0. The van der Waals surface area contributed by atoms with E-state index in [1.807, 2.05) is 35.7 Å². The van der Waals surface area contributed by atoms with Crippen molar-refractivity contribution < 1.29 is 0 Å². The van der Waals surface area contributed by atoms with E-state index in [1.54, 1.807) is 0 Å². The van der Waals surface area contributed by atoms with Crippen molar-refractivity contribution in [2.24, 2.45) is 0 Å². The third-order valence-corrected chi connectivity index (χ3v) is 10.4. The summed E-state index contributed by atoms with van der Waals surface area (Å²) in [7, 11) is 0. The van der Waals surface area contributed by atoms with Gasteiger partial charge in [0, 0.05) is 42.5 Å². The Morgan fingerprint density at radius 1 is 0.457 bits per heavy atom. The first-order chi connectivity index (χ1) is 22.8. The molecule has 3 aromatic heterocycles. The molecule has 10 aromatic rings. The van der Waals surface area contributed by atoms with E-state index < -0.39 is 0 Å². The highest BCUT2D eigenvalue weighted by atomic mass is 32.1. The van der Waals surface area contributed by atoms with Crippen LogP contribution < -0.4 is 0 Å². The van der Waals surface area contributed by atoms with Gasteiger partial charge in [-0.3, -0.25) is 4.57 Å². The van der Waals surface area contributed by atoms with Crippen LogP contribution in [0.5, 0.6) is 0 Å². The highest BCUT2D eigenvalue weighted by Gasteiger charge is 2.17. The number of benzene rings is 7. The van der Waals surface area contributed by atoms with Gasteiger partial charge in [0.15, 0.2) is 0 Å². The van der Waals surface area contributed by atoms with Gasteiger partial charge in [0.1, 0.15) is 0 Å². The van der Waals surface area contributed by atoms with Crippen molar-refractivity contribution in [1.82, 2.24) is 14.5 Å². The summed E-state index contributed by atoms with van der Waals surface area (Å²) >= 11 is 1.86. The van der Waals surface area contributed by atoms with Crippen molar-refractivity contribution in [3.05, 3.63) is 152 Å². The van der Waals surface area contributed by atoms with Gasteiger partial charge in [0.2, 0.25) is 5.95 Å². The van der Waals surface area contributed by atoms with Crippen molar-refractivity contribution in [3.8, 4) is 28.2 Å². The summed E-state index contributed by atoms with van der Waals surface area (Å²) in [6.45, 7) is 0. The fraction of sp³-hybridized carbons (Fsp3) is 0. The zero-order chi connectivity index (χ0) is 30.2. The maximum absolute atomic E-state index is 4.96. The van der Waals surface area contributed by atoms with Crippen LogP contribution in [0, 0.1) is 0 Å². The van der Waals surface area contributed by atoms with Crippen LogP contribution in [-0.2, 0) is 0 Å². The van der Waals surface area contributed by atoms with E-state index in [0.29, 0.717) is 5.95 Å². The molecule has 0 radical (unpaired) electrons.